The predicted molar refractivity (Wildman–Crippen MR) is 75.5 cm³/mol. The van der Waals surface area contributed by atoms with Crippen LogP contribution in [0.2, 0.25) is 0 Å². The Balaban J connectivity index is 2.17. The highest BCUT2D eigenvalue weighted by Crippen LogP contribution is 2.28. The van der Waals surface area contributed by atoms with E-state index >= 15 is 0 Å². The van der Waals surface area contributed by atoms with Crippen LogP contribution in [0.15, 0.2) is 42.7 Å². The van der Waals surface area contributed by atoms with Crippen molar-refractivity contribution in [3.8, 4) is 0 Å². The molecule has 0 spiro atoms. The molecule has 0 bridgehead atoms. The summed E-state index contributed by atoms with van der Waals surface area (Å²) in [4.78, 5) is 0. The Labute approximate surface area is 120 Å². The average Bonchev–Trinajstić information content (AvgIpc) is 2.92. The molecule has 0 aliphatic carbocycles. The summed E-state index contributed by atoms with van der Waals surface area (Å²) in [6, 6.07) is 7.91. The van der Waals surface area contributed by atoms with Crippen LogP contribution in [-0.4, -0.2) is 9.61 Å². The van der Waals surface area contributed by atoms with Crippen molar-refractivity contribution in [1.29, 1.82) is 0 Å². The highest BCUT2D eigenvalue weighted by molar-refractivity contribution is 5.57. The summed E-state index contributed by atoms with van der Waals surface area (Å²) in [6.07, 6.45) is 3.37. The Morgan fingerprint density at radius 3 is 2.71 bits per heavy atom. The highest BCUT2D eigenvalue weighted by Gasteiger charge is 2.23. The Morgan fingerprint density at radius 2 is 1.95 bits per heavy atom. The molecule has 0 radical (unpaired) electrons. The van der Waals surface area contributed by atoms with Gasteiger partial charge < -0.3 is 0 Å². The third-order valence-electron chi connectivity index (χ3n) is 3.55. The molecular formula is C15H14F2N4. The lowest BCUT2D eigenvalue weighted by molar-refractivity contribution is 0.479. The van der Waals surface area contributed by atoms with Gasteiger partial charge in [-0.05, 0) is 24.6 Å². The number of nitrogens with zero attached hydrogens (tertiary/aromatic N) is 2. The number of fused-ring (bicyclic) bond motifs is 1. The van der Waals surface area contributed by atoms with E-state index in [0.29, 0.717) is 5.56 Å². The number of pyridine rings is 1. The smallest absolute Gasteiger partial charge is 0.164 e. The molecule has 1 aromatic carbocycles. The van der Waals surface area contributed by atoms with Gasteiger partial charge in [-0.1, -0.05) is 18.2 Å². The van der Waals surface area contributed by atoms with Crippen LogP contribution in [0.3, 0.4) is 0 Å². The lowest BCUT2D eigenvalue weighted by Crippen LogP contribution is -2.29. The second kappa shape index (κ2) is 5.23. The number of rotatable bonds is 3. The van der Waals surface area contributed by atoms with Gasteiger partial charge >= 0.3 is 0 Å². The number of aromatic nitrogens is 2. The largest absolute Gasteiger partial charge is 0.271 e. The molecule has 4 nitrogen and oxygen atoms in total. The van der Waals surface area contributed by atoms with Crippen molar-refractivity contribution in [1.82, 2.24) is 15.0 Å². The van der Waals surface area contributed by atoms with E-state index in [-0.39, 0.29) is 11.1 Å². The normalized spacial score (nSPS) is 12.8. The van der Waals surface area contributed by atoms with E-state index in [4.69, 9.17) is 5.84 Å². The van der Waals surface area contributed by atoms with Gasteiger partial charge in [0.2, 0.25) is 0 Å². The van der Waals surface area contributed by atoms with E-state index in [0.717, 1.165) is 5.52 Å². The van der Waals surface area contributed by atoms with Crippen molar-refractivity contribution in [2.24, 2.45) is 5.84 Å². The zero-order valence-electron chi connectivity index (χ0n) is 11.3. The first kappa shape index (κ1) is 13.7. The van der Waals surface area contributed by atoms with Gasteiger partial charge in [-0.3, -0.25) is 5.84 Å². The summed E-state index contributed by atoms with van der Waals surface area (Å²) >= 11 is 0. The number of hydrogen-bond donors (Lipinski definition) is 2. The van der Waals surface area contributed by atoms with Gasteiger partial charge in [0.15, 0.2) is 11.6 Å². The molecule has 2 heterocycles. The quantitative estimate of drug-likeness (QED) is 0.575. The third-order valence-corrected chi connectivity index (χ3v) is 3.55. The number of hydrogen-bond acceptors (Lipinski definition) is 3. The minimum atomic E-state index is -0.895. The van der Waals surface area contributed by atoms with E-state index in [1.807, 2.05) is 18.2 Å². The number of nitrogens with two attached hydrogens (primary N) is 1. The SMILES string of the molecule is Cc1ccc(C(NN)c2cnn3ccccc23)c(F)c1F. The molecular weight excluding hydrogens is 274 g/mol. The molecule has 0 aliphatic heterocycles. The fourth-order valence-electron chi connectivity index (χ4n) is 2.41. The topological polar surface area (TPSA) is 55.3 Å². The summed E-state index contributed by atoms with van der Waals surface area (Å²) in [7, 11) is 0. The van der Waals surface area contributed by atoms with Crippen LogP contribution in [0.4, 0.5) is 8.78 Å². The molecule has 2 aromatic heterocycles. The molecule has 3 rings (SSSR count). The van der Waals surface area contributed by atoms with E-state index in [1.165, 1.54) is 19.1 Å². The molecule has 0 fully saturated rings. The Hall–Kier alpha value is -2.31. The Bertz CT molecular complexity index is 797. The minimum Gasteiger partial charge on any atom is -0.271 e. The van der Waals surface area contributed by atoms with Gasteiger partial charge in [0, 0.05) is 17.3 Å². The fourth-order valence-corrected chi connectivity index (χ4v) is 2.41. The molecule has 0 amide bonds. The zero-order chi connectivity index (χ0) is 15.0. The van der Waals surface area contributed by atoms with Crippen molar-refractivity contribution in [3.63, 3.8) is 0 Å². The van der Waals surface area contributed by atoms with E-state index in [2.05, 4.69) is 10.5 Å². The van der Waals surface area contributed by atoms with E-state index in [9.17, 15) is 8.78 Å². The van der Waals surface area contributed by atoms with Gasteiger partial charge in [0.05, 0.1) is 17.8 Å². The van der Waals surface area contributed by atoms with Crippen LogP contribution < -0.4 is 11.3 Å². The fraction of sp³-hybridized carbons (Fsp3) is 0.133. The summed E-state index contributed by atoms with van der Waals surface area (Å²) in [5.41, 5.74) is 4.41. The summed E-state index contributed by atoms with van der Waals surface area (Å²) in [5, 5.41) is 4.19. The molecule has 1 unspecified atom stereocenters. The second-order valence-corrected chi connectivity index (χ2v) is 4.83. The number of nitrogens with one attached hydrogen (secondary N) is 1. The first-order valence-electron chi connectivity index (χ1n) is 6.46. The van der Waals surface area contributed by atoms with Crippen molar-refractivity contribution in [2.45, 2.75) is 13.0 Å². The van der Waals surface area contributed by atoms with Gasteiger partial charge in [-0.2, -0.15) is 5.10 Å². The maximum Gasteiger partial charge on any atom is 0.164 e. The average molecular weight is 288 g/mol. The third kappa shape index (κ3) is 2.18. The second-order valence-electron chi connectivity index (χ2n) is 4.83. The maximum atomic E-state index is 14.2. The highest BCUT2D eigenvalue weighted by atomic mass is 19.2. The standard InChI is InChI=1S/C15H14F2N4/c1-9-5-6-10(14(17)13(9)16)15(20-18)11-8-19-21-7-3-2-4-12(11)21/h2-8,15,20H,18H2,1H3. The monoisotopic (exact) mass is 288 g/mol. The van der Waals surface area contributed by atoms with Crippen molar-refractivity contribution < 1.29 is 8.78 Å². The van der Waals surface area contributed by atoms with Crippen LogP contribution in [0.25, 0.3) is 5.52 Å². The lowest BCUT2D eigenvalue weighted by atomic mass is 9.98. The first-order chi connectivity index (χ1) is 10.1. The van der Waals surface area contributed by atoms with Crippen LogP contribution in [-0.2, 0) is 0 Å². The van der Waals surface area contributed by atoms with Gasteiger partial charge in [-0.15, -0.1) is 0 Å². The molecule has 0 saturated heterocycles. The molecule has 21 heavy (non-hydrogen) atoms. The van der Waals surface area contributed by atoms with Crippen LogP contribution in [0.1, 0.15) is 22.7 Å². The molecule has 0 saturated carbocycles. The van der Waals surface area contributed by atoms with Crippen molar-refractivity contribution in [3.05, 3.63) is 71.1 Å². The molecule has 0 aliphatic rings. The van der Waals surface area contributed by atoms with Crippen molar-refractivity contribution >= 4 is 5.52 Å². The first-order valence-corrected chi connectivity index (χ1v) is 6.46. The predicted octanol–water partition coefficient (Wildman–Crippen LogP) is 2.47. The Morgan fingerprint density at radius 1 is 1.14 bits per heavy atom. The van der Waals surface area contributed by atoms with E-state index in [1.54, 1.807) is 16.9 Å². The minimum absolute atomic E-state index is 0.152. The lowest BCUT2D eigenvalue weighted by Gasteiger charge is -2.17. The zero-order valence-corrected chi connectivity index (χ0v) is 11.3. The molecule has 108 valence electrons. The molecule has 1 atom stereocenters. The van der Waals surface area contributed by atoms with E-state index < -0.39 is 17.7 Å². The van der Waals surface area contributed by atoms with Gasteiger partial charge in [-0.25, -0.2) is 18.7 Å². The molecule has 3 N–H and O–H groups in total. The summed E-state index contributed by atoms with van der Waals surface area (Å²) in [6.45, 7) is 1.52. The molecule has 3 aromatic rings. The number of halogens is 2. The summed E-state index contributed by atoms with van der Waals surface area (Å²) < 4.78 is 29.6. The van der Waals surface area contributed by atoms with Crippen LogP contribution >= 0.6 is 0 Å². The number of hydrazine groups is 1. The Kier molecular flexibility index (Phi) is 3.40. The van der Waals surface area contributed by atoms with Gasteiger partial charge in [0.25, 0.3) is 0 Å². The van der Waals surface area contributed by atoms with Crippen LogP contribution in [0.5, 0.6) is 0 Å². The maximum absolute atomic E-state index is 14.2. The number of aryl methyl sites for hydroxylation is 1. The number of benzene rings is 1. The summed E-state index contributed by atoms with van der Waals surface area (Å²) in [5.74, 6) is 3.82. The van der Waals surface area contributed by atoms with Crippen LogP contribution in [0, 0.1) is 18.6 Å². The van der Waals surface area contributed by atoms with Crippen molar-refractivity contribution in [2.75, 3.05) is 0 Å². The molecule has 6 heteroatoms. The van der Waals surface area contributed by atoms with Gasteiger partial charge in [0.1, 0.15) is 0 Å².